The van der Waals surface area contributed by atoms with E-state index >= 15 is 0 Å². The zero-order valence-electron chi connectivity index (χ0n) is 9.95. The van der Waals surface area contributed by atoms with Crippen LogP contribution in [-0.2, 0) is 12.0 Å². The Labute approximate surface area is 92.4 Å². The Morgan fingerprint density at radius 2 is 2.07 bits per heavy atom. The van der Waals surface area contributed by atoms with Gasteiger partial charge in [0.1, 0.15) is 5.60 Å². The molecule has 15 heavy (non-hydrogen) atoms. The van der Waals surface area contributed by atoms with Gasteiger partial charge in [-0.2, -0.15) is 0 Å². The summed E-state index contributed by atoms with van der Waals surface area (Å²) in [6, 6.07) is 4.01. The lowest BCUT2D eigenvalue weighted by molar-refractivity contribution is 0.0485. The second-order valence-corrected chi connectivity index (χ2v) is 4.28. The van der Waals surface area contributed by atoms with Crippen molar-refractivity contribution in [2.45, 2.75) is 52.1 Å². The lowest BCUT2D eigenvalue weighted by Gasteiger charge is -2.20. The van der Waals surface area contributed by atoms with Gasteiger partial charge in [0.2, 0.25) is 0 Å². The Bertz CT molecular complexity index is 290. The van der Waals surface area contributed by atoms with Crippen LogP contribution in [0.15, 0.2) is 18.3 Å². The number of aryl methyl sites for hydroxylation is 1. The minimum Gasteiger partial charge on any atom is -0.384 e. The molecule has 1 heterocycles. The van der Waals surface area contributed by atoms with E-state index in [1.807, 2.05) is 19.2 Å². The predicted octanol–water partition coefficient (Wildman–Crippen LogP) is 3.04. The molecule has 0 aliphatic carbocycles. The van der Waals surface area contributed by atoms with Crippen LogP contribution in [0.2, 0.25) is 0 Å². The Hall–Kier alpha value is -0.890. The van der Waals surface area contributed by atoms with Crippen molar-refractivity contribution in [3.63, 3.8) is 0 Å². The predicted molar refractivity (Wildman–Crippen MR) is 62.7 cm³/mol. The first kappa shape index (κ1) is 12.2. The van der Waals surface area contributed by atoms with Crippen LogP contribution in [0.5, 0.6) is 0 Å². The molecule has 0 amide bonds. The van der Waals surface area contributed by atoms with Crippen molar-refractivity contribution in [2.75, 3.05) is 0 Å². The number of nitrogens with zero attached hydrogens (tertiary/aromatic N) is 1. The molecule has 2 heteroatoms. The van der Waals surface area contributed by atoms with E-state index in [9.17, 15) is 5.11 Å². The van der Waals surface area contributed by atoms with Crippen molar-refractivity contribution in [3.05, 3.63) is 29.6 Å². The van der Waals surface area contributed by atoms with Crippen LogP contribution in [0.3, 0.4) is 0 Å². The van der Waals surface area contributed by atoms with Crippen molar-refractivity contribution in [1.29, 1.82) is 0 Å². The lowest BCUT2D eigenvalue weighted by Crippen LogP contribution is -2.21. The van der Waals surface area contributed by atoms with Gasteiger partial charge in [0.15, 0.2) is 0 Å². The fourth-order valence-electron chi connectivity index (χ4n) is 1.45. The van der Waals surface area contributed by atoms with Gasteiger partial charge < -0.3 is 5.11 Å². The van der Waals surface area contributed by atoms with Gasteiger partial charge in [-0.15, -0.1) is 0 Å². The molecule has 0 radical (unpaired) electrons. The first-order chi connectivity index (χ1) is 7.10. The quantitative estimate of drug-likeness (QED) is 0.805. The molecule has 0 saturated heterocycles. The Kier molecular flexibility index (Phi) is 4.28. The minimum absolute atomic E-state index is 0.689. The van der Waals surface area contributed by atoms with Crippen LogP contribution in [0, 0.1) is 0 Å². The molecule has 1 atom stereocenters. The minimum atomic E-state index is -0.788. The van der Waals surface area contributed by atoms with Gasteiger partial charge in [-0.1, -0.05) is 26.3 Å². The molecule has 0 bridgehead atoms. The summed E-state index contributed by atoms with van der Waals surface area (Å²) in [4.78, 5) is 4.32. The third-order valence-electron chi connectivity index (χ3n) is 2.88. The van der Waals surface area contributed by atoms with E-state index in [0.717, 1.165) is 12.1 Å². The monoisotopic (exact) mass is 207 g/mol. The summed E-state index contributed by atoms with van der Waals surface area (Å²) >= 11 is 0. The summed E-state index contributed by atoms with van der Waals surface area (Å²) < 4.78 is 0. The summed E-state index contributed by atoms with van der Waals surface area (Å²) in [5, 5.41) is 10.00. The number of pyridine rings is 1. The molecule has 0 spiro atoms. The van der Waals surface area contributed by atoms with E-state index in [4.69, 9.17) is 0 Å². The molecule has 1 unspecified atom stereocenters. The van der Waals surface area contributed by atoms with Crippen LogP contribution in [0.25, 0.3) is 0 Å². The number of aromatic nitrogens is 1. The highest BCUT2D eigenvalue weighted by atomic mass is 16.3. The smallest absolute Gasteiger partial charge is 0.103 e. The topological polar surface area (TPSA) is 33.1 Å². The van der Waals surface area contributed by atoms with E-state index in [1.165, 1.54) is 18.4 Å². The SMILES string of the molecule is CCCCc1ccc(C(C)(O)CC)nc1. The van der Waals surface area contributed by atoms with E-state index in [2.05, 4.69) is 18.0 Å². The normalized spacial score (nSPS) is 14.9. The van der Waals surface area contributed by atoms with Gasteiger partial charge >= 0.3 is 0 Å². The lowest BCUT2D eigenvalue weighted by atomic mass is 9.98. The summed E-state index contributed by atoms with van der Waals surface area (Å²) in [6.07, 6.45) is 6.06. The molecule has 2 nitrogen and oxygen atoms in total. The fourth-order valence-corrected chi connectivity index (χ4v) is 1.45. The Balaban J connectivity index is 2.72. The maximum atomic E-state index is 10.00. The summed E-state index contributed by atoms with van der Waals surface area (Å²) in [7, 11) is 0. The molecule has 1 aromatic heterocycles. The number of unbranched alkanes of at least 4 members (excludes halogenated alkanes) is 1. The third-order valence-corrected chi connectivity index (χ3v) is 2.88. The Morgan fingerprint density at radius 3 is 2.53 bits per heavy atom. The average Bonchev–Trinajstić information content (AvgIpc) is 2.27. The van der Waals surface area contributed by atoms with Crippen molar-refractivity contribution < 1.29 is 5.11 Å². The largest absolute Gasteiger partial charge is 0.384 e. The van der Waals surface area contributed by atoms with Crippen LogP contribution in [0.1, 0.15) is 51.3 Å². The standard InChI is InChI=1S/C13H21NO/c1-4-6-7-11-8-9-12(14-10-11)13(3,15)5-2/h8-10,15H,4-7H2,1-3H3. The van der Waals surface area contributed by atoms with Gasteiger partial charge in [0.25, 0.3) is 0 Å². The van der Waals surface area contributed by atoms with E-state index in [1.54, 1.807) is 6.92 Å². The number of aliphatic hydroxyl groups is 1. The maximum Gasteiger partial charge on any atom is 0.103 e. The molecule has 0 saturated carbocycles. The highest BCUT2D eigenvalue weighted by molar-refractivity contribution is 5.18. The first-order valence-electron chi connectivity index (χ1n) is 5.78. The summed E-state index contributed by atoms with van der Waals surface area (Å²) in [5.74, 6) is 0. The van der Waals surface area contributed by atoms with E-state index < -0.39 is 5.60 Å². The van der Waals surface area contributed by atoms with Crippen molar-refractivity contribution >= 4 is 0 Å². The highest BCUT2D eigenvalue weighted by Crippen LogP contribution is 2.22. The molecule has 0 aliphatic heterocycles. The fraction of sp³-hybridized carbons (Fsp3) is 0.615. The van der Waals surface area contributed by atoms with Crippen molar-refractivity contribution in [2.24, 2.45) is 0 Å². The zero-order chi connectivity index (χ0) is 11.3. The first-order valence-corrected chi connectivity index (χ1v) is 5.78. The van der Waals surface area contributed by atoms with Crippen LogP contribution >= 0.6 is 0 Å². The molecule has 1 N–H and O–H groups in total. The van der Waals surface area contributed by atoms with Gasteiger partial charge in [0.05, 0.1) is 5.69 Å². The van der Waals surface area contributed by atoms with E-state index in [0.29, 0.717) is 6.42 Å². The van der Waals surface area contributed by atoms with Crippen molar-refractivity contribution in [3.8, 4) is 0 Å². The van der Waals surface area contributed by atoms with Crippen LogP contribution in [0.4, 0.5) is 0 Å². The van der Waals surface area contributed by atoms with Gasteiger partial charge in [-0.3, -0.25) is 4.98 Å². The molecule has 84 valence electrons. The average molecular weight is 207 g/mol. The van der Waals surface area contributed by atoms with Gasteiger partial charge in [-0.25, -0.2) is 0 Å². The van der Waals surface area contributed by atoms with Crippen LogP contribution in [-0.4, -0.2) is 10.1 Å². The highest BCUT2D eigenvalue weighted by Gasteiger charge is 2.21. The molecule has 1 aromatic rings. The third kappa shape index (κ3) is 3.31. The molecular weight excluding hydrogens is 186 g/mol. The van der Waals surface area contributed by atoms with Gasteiger partial charge in [-0.05, 0) is 37.8 Å². The molecular formula is C13H21NO. The molecule has 0 aliphatic rings. The second kappa shape index (κ2) is 5.26. The van der Waals surface area contributed by atoms with Crippen LogP contribution < -0.4 is 0 Å². The Morgan fingerprint density at radius 1 is 1.33 bits per heavy atom. The summed E-state index contributed by atoms with van der Waals surface area (Å²) in [6.45, 7) is 5.96. The second-order valence-electron chi connectivity index (χ2n) is 4.28. The molecule has 0 aromatic carbocycles. The summed E-state index contributed by atoms with van der Waals surface area (Å²) in [5.41, 5.74) is 1.24. The zero-order valence-corrected chi connectivity index (χ0v) is 9.95. The number of hydrogen-bond donors (Lipinski definition) is 1. The molecule has 0 fully saturated rings. The number of hydrogen-bond acceptors (Lipinski definition) is 2. The maximum absolute atomic E-state index is 10.00. The van der Waals surface area contributed by atoms with Crippen molar-refractivity contribution in [1.82, 2.24) is 4.98 Å². The molecule has 1 rings (SSSR count). The van der Waals surface area contributed by atoms with Gasteiger partial charge in [0, 0.05) is 6.20 Å². The van der Waals surface area contributed by atoms with E-state index in [-0.39, 0.29) is 0 Å². The number of rotatable bonds is 5.